The zero-order valence-electron chi connectivity index (χ0n) is 15.6. The molecule has 5 nitrogen and oxygen atoms in total. The van der Waals surface area contributed by atoms with E-state index in [0.717, 1.165) is 25.8 Å². The van der Waals surface area contributed by atoms with Crippen molar-refractivity contribution in [3.63, 3.8) is 0 Å². The number of benzene rings is 1. The Balaban J connectivity index is 1.46. The van der Waals surface area contributed by atoms with Gasteiger partial charge in [0.15, 0.2) is 0 Å². The Morgan fingerprint density at radius 2 is 1.69 bits per heavy atom. The van der Waals surface area contributed by atoms with E-state index in [4.69, 9.17) is 0 Å². The highest BCUT2D eigenvalue weighted by Gasteiger charge is 2.55. The van der Waals surface area contributed by atoms with Gasteiger partial charge in [0.2, 0.25) is 5.91 Å². The molecular formula is C21H28N2O3. The summed E-state index contributed by atoms with van der Waals surface area (Å²) in [6.07, 6.45) is 2.92. The molecule has 2 aliphatic carbocycles. The summed E-state index contributed by atoms with van der Waals surface area (Å²) in [5.41, 5.74) is 2.43. The molecule has 0 unspecified atom stereocenters. The molecular weight excluding hydrogens is 328 g/mol. The van der Waals surface area contributed by atoms with Crippen molar-refractivity contribution in [1.82, 2.24) is 4.90 Å². The van der Waals surface area contributed by atoms with Gasteiger partial charge in [-0.2, -0.15) is 0 Å². The van der Waals surface area contributed by atoms with Crippen LogP contribution in [0.2, 0.25) is 0 Å². The summed E-state index contributed by atoms with van der Waals surface area (Å²) >= 11 is 0. The van der Waals surface area contributed by atoms with Crippen molar-refractivity contribution in [1.29, 1.82) is 0 Å². The minimum absolute atomic E-state index is 0.0833. The number of anilines is 1. The first kappa shape index (κ1) is 17.4. The van der Waals surface area contributed by atoms with Crippen molar-refractivity contribution in [3.05, 3.63) is 29.8 Å². The first-order chi connectivity index (χ1) is 12.5. The van der Waals surface area contributed by atoms with Crippen molar-refractivity contribution in [2.24, 2.45) is 23.7 Å². The summed E-state index contributed by atoms with van der Waals surface area (Å²) < 4.78 is 0. The number of carboxylic acid groups (broad SMARTS) is 1. The Morgan fingerprint density at radius 3 is 2.31 bits per heavy atom. The van der Waals surface area contributed by atoms with Crippen LogP contribution in [0.4, 0.5) is 5.69 Å². The third-order valence-corrected chi connectivity index (χ3v) is 6.79. The maximum absolute atomic E-state index is 13.2. The number of aryl methyl sites for hydroxylation is 1. The Labute approximate surface area is 155 Å². The highest BCUT2D eigenvalue weighted by molar-refractivity contribution is 5.86. The topological polar surface area (TPSA) is 60.9 Å². The van der Waals surface area contributed by atoms with Crippen LogP contribution in [-0.4, -0.2) is 47.6 Å². The van der Waals surface area contributed by atoms with Crippen molar-refractivity contribution >= 4 is 17.6 Å². The molecule has 2 saturated carbocycles. The second-order valence-electron chi connectivity index (χ2n) is 8.39. The molecule has 26 heavy (non-hydrogen) atoms. The maximum atomic E-state index is 13.2. The fraction of sp³-hybridized carbons (Fsp3) is 0.619. The van der Waals surface area contributed by atoms with Crippen LogP contribution in [-0.2, 0) is 9.59 Å². The predicted molar refractivity (Wildman–Crippen MR) is 100 cm³/mol. The summed E-state index contributed by atoms with van der Waals surface area (Å²) in [4.78, 5) is 29.2. The van der Waals surface area contributed by atoms with Gasteiger partial charge in [-0.25, -0.2) is 0 Å². The smallest absolute Gasteiger partial charge is 0.307 e. The average molecular weight is 356 g/mol. The summed E-state index contributed by atoms with van der Waals surface area (Å²) in [6, 6.07) is 8.75. The number of hydrogen-bond donors (Lipinski definition) is 1. The highest BCUT2D eigenvalue weighted by atomic mass is 16.4. The molecule has 5 atom stereocenters. The monoisotopic (exact) mass is 356 g/mol. The minimum Gasteiger partial charge on any atom is -0.481 e. The van der Waals surface area contributed by atoms with Crippen LogP contribution >= 0.6 is 0 Å². The lowest BCUT2D eigenvalue weighted by atomic mass is 9.78. The molecule has 1 aromatic carbocycles. The minimum atomic E-state index is -0.776. The second kappa shape index (κ2) is 6.60. The summed E-state index contributed by atoms with van der Waals surface area (Å²) in [7, 11) is 0. The van der Waals surface area contributed by atoms with Crippen molar-refractivity contribution in [2.45, 2.75) is 39.2 Å². The fourth-order valence-electron chi connectivity index (χ4n) is 5.49. The first-order valence-corrected chi connectivity index (χ1v) is 9.80. The van der Waals surface area contributed by atoms with E-state index in [1.54, 1.807) is 0 Å². The molecule has 1 N–H and O–H groups in total. The van der Waals surface area contributed by atoms with E-state index in [9.17, 15) is 14.7 Å². The molecule has 3 aliphatic rings. The Bertz CT molecular complexity index is 702. The van der Waals surface area contributed by atoms with Crippen LogP contribution in [0.15, 0.2) is 24.3 Å². The second-order valence-corrected chi connectivity index (χ2v) is 8.39. The lowest BCUT2D eigenvalue weighted by Gasteiger charge is -2.43. The standard InChI is InChI=1S/C21H28N2O3/c1-13-3-7-17(8-4-13)23-10-9-22(12-14(23)2)20(24)18-15-5-6-16(11-15)19(18)21(25)26/h3-4,7-8,14-16,18-19H,5-6,9-12H2,1-2H3,(H,25,26)/t14-,15-,16-,18+,19-/m0/s1. The molecule has 140 valence electrons. The van der Waals surface area contributed by atoms with Crippen molar-refractivity contribution < 1.29 is 14.7 Å². The third-order valence-electron chi connectivity index (χ3n) is 6.79. The number of aliphatic carboxylic acids is 1. The lowest BCUT2D eigenvalue weighted by Crippen LogP contribution is -2.56. The van der Waals surface area contributed by atoms with E-state index >= 15 is 0 Å². The number of carboxylic acids is 1. The average Bonchev–Trinajstić information content (AvgIpc) is 3.23. The molecule has 0 aromatic heterocycles. The van der Waals surface area contributed by atoms with Crippen molar-refractivity contribution in [2.75, 3.05) is 24.5 Å². The van der Waals surface area contributed by atoms with Gasteiger partial charge in [0.1, 0.15) is 0 Å². The zero-order valence-corrected chi connectivity index (χ0v) is 15.6. The van der Waals surface area contributed by atoms with E-state index in [2.05, 4.69) is 43.0 Å². The molecule has 1 heterocycles. The molecule has 3 fully saturated rings. The van der Waals surface area contributed by atoms with Crippen LogP contribution in [0.3, 0.4) is 0 Å². The molecule has 1 amide bonds. The predicted octanol–water partition coefficient (Wildman–Crippen LogP) is 2.78. The molecule has 4 rings (SSSR count). The number of carbonyl (C=O) groups is 2. The van der Waals surface area contributed by atoms with Gasteiger partial charge < -0.3 is 14.9 Å². The van der Waals surface area contributed by atoms with Gasteiger partial charge in [0, 0.05) is 31.4 Å². The van der Waals surface area contributed by atoms with Gasteiger partial charge in [-0.3, -0.25) is 9.59 Å². The van der Waals surface area contributed by atoms with Crippen LogP contribution in [0.25, 0.3) is 0 Å². The van der Waals surface area contributed by atoms with Gasteiger partial charge in [-0.05, 0) is 57.1 Å². The normalized spacial score (nSPS) is 33.5. The van der Waals surface area contributed by atoms with Gasteiger partial charge in [0.05, 0.1) is 11.8 Å². The van der Waals surface area contributed by atoms with Crippen LogP contribution in [0.1, 0.15) is 31.7 Å². The largest absolute Gasteiger partial charge is 0.481 e. The number of hydrogen-bond acceptors (Lipinski definition) is 3. The van der Waals surface area contributed by atoms with E-state index in [-0.39, 0.29) is 29.7 Å². The molecule has 0 spiro atoms. The number of rotatable bonds is 3. The van der Waals surface area contributed by atoms with Crippen LogP contribution < -0.4 is 4.90 Å². The quantitative estimate of drug-likeness (QED) is 0.905. The molecule has 2 bridgehead atoms. The fourth-order valence-corrected chi connectivity index (χ4v) is 5.49. The summed E-state index contributed by atoms with van der Waals surface area (Å²) in [5, 5.41) is 9.64. The van der Waals surface area contributed by atoms with E-state index in [1.165, 1.54) is 11.3 Å². The summed E-state index contributed by atoms with van der Waals surface area (Å²) in [5.74, 6) is -0.977. The highest BCUT2D eigenvalue weighted by Crippen LogP contribution is 2.53. The first-order valence-electron chi connectivity index (χ1n) is 9.80. The van der Waals surface area contributed by atoms with Gasteiger partial charge in [0.25, 0.3) is 0 Å². The van der Waals surface area contributed by atoms with E-state index < -0.39 is 11.9 Å². The summed E-state index contributed by atoms with van der Waals surface area (Å²) in [6.45, 7) is 6.38. The number of amides is 1. The zero-order chi connectivity index (χ0) is 18.4. The number of nitrogens with zero attached hydrogens (tertiary/aromatic N) is 2. The number of fused-ring (bicyclic) bond motifs is 2. The van der Waals surface area contributed by atoms with Gasteiger partial charge in [-0.1, -0.05) is 17.7 Å². The third kappa shape index (κ3) is 2.87. The molecule has 0 radical (unpaired) electrons. The van der Waals surface area contributed by atoms with Gasteiger partial charge in [-0.15, -0.1) is 0 Å². The van der Waals surface area contributed by atoms with Crippen LogP contribution in [0, 0.1) is 30.6 Å². The SMILES string of the molecule is Cc1ccc(N2CCN(C(=O)[C@@H]3[C@H]4CC[C@@H](C4)[C@@H]3C(=O)O)C[C@@H]2C)cc1. The Morgan fingerprint density at radius 1 is 1.04 bits per heavy atom. The molecule has 5 heteroatoms. The Hall–Kier alpha value is -2.04. The number of piperazine rings is 1. The Kier molecular flexibility index (Phi) is 4.41. The number of carbonyl (C=O) groups excluding carboxylic acids is 1. The van der Waals surface area contributed by atoms with Crippen LogP contribution in [0.5, 0.6) is 0 Å². The molecule has 1 aromatic rings. The lowest BCUT2D eigenvalue weighted by molar-refractivity contribution is -0.153. The molecule has 1 saturated heterocycles. The van der Waals surface area contributed by atoms with E-state index in [1.807, 2.05) is 4.90 Å². The van der Waals surface area contributed by atoms with E-state index in [0.29, 0.717) is 13.1 Å². The van der Waals surface area contributed by atoms with Gasteiger partial charge >= 0.3 is 5.97 Å². The maximum Gasteiger partial charge on any atom is 0.307 e. The molecule has 1 aliphatic heterocycles. The van der Waals surface area contributed by atoms with Crippen molar-refractivity contribution in [3.8, 4) is 0 Å².